The molecule has 4 N–H and O–H groups in total. The number of aliphatic carboxylic acids is 1. The molecule has 0 radical (unpaired) electrons. The molecule has 5 rings (SSSR count). The van der Waals surface area contributed by atoms with Crippen molar-refractivity contribution in [3.63, 3.8) is 0 Å². The van der Waals surface area contributed by atoms with E-state index in [1.54, 1.807) is 18.0 Å². The molecule has 47 heavy (non-hydrogen) atoms. The molecule has 4 amide bonds. The Morgan fingerprint density at radius 1 is 0.957 bits per heavy atom. The van der Waals surface area contributed by atoms with Gasteiger partial charge in [-0.2, -0.15) is 0 Å². The Morgan fingerprint density at radius 2 is 1.72 bits per heavy atom. The Labute approximate surface area is 275 Å². The Bertz CT molecular complexity index is 1860. The highest BCUT2D eigenvalue weighted by Gasteiger charge is 2.35. The number of aromatic nitrogens is 1. The van der Waals surface area contributed by atoms with Crippen LogP contribution in [0.25, 0.3) is 10.8 Å². The van der Waals surface area contributed by atoms with Crippen molar-refractivity contribution >= 4 is 69.0 Å². The number of carboxylic acid groups (broad SMARTS) is 1. The fraction of sp³-hybridized carbons (Fsp3) is 0.265. The summed E-state index contributed by atoms with van der Waals surface area (Å²) in [5.74, 6) is -2.04. The van der Waals surface area contributed by atoms with Crippen LogP contribution in [0.4, 0.5) is 17.1 Å². The van der Waals surface area contributed by atoms with Gasteiger partial charge in [-0.1, -0.05) is 36.4 Å². The molecule has 0 saturated carbocycles. The van der Waals surface area contributed by atoms with Crippen molar-refractivity contribution in [2.45, 2.75) is 32.3 Å². The zero-order valence-corrected chi connectivity index (χ0v) is 26.6. The van der Waals surface area contributed by atoms with Gasteiger partial charge in [-0.15, -0.1) is 11.6 Å². The van der Waals surface area contributed by atoms with Gasteiger partial charge >= 0.3 is 5.97 Å². The van der Waals surface area contributed by atoms with Gasteiger partial charge < -0.3 is 35.3 Å². The number of halogens is 1. The summed E-state index contributed by atoms with van der Waals surface area (Å²) < 4.78 is 7.76. The van der Waals surface area contributed by atoms with Crippen LogP contribution in [0, 0.1) is 0 Å². The van der Waals surface area contributed by atoms with E-state index in [0.717, 1.165) is 21.9 Å². The standard InChI is InChI=1S/C34H34ClN5O7/c1-20(41)37-23-8-9-25-26(12-23)29(47-19-21-6-4-3-5-7-21)14-27-33(25)22(15-35)17-40(27)31(43)11-10-30(42)38-24-13-28(39(2)18-24)34(46)36-16-32(44)45/h3-9,12-14,18,22H,10-11,15-17,19H2,1-2H3,(H,36,46)(H,37,41)(H,38,42)(H,44,45). The quantitative estimate of drug-likeness (QED) is 0.162. The maximum Gasteiger partial charge on any atom is 0.322 e. The van der Waals surface area contributed by atoms with E-state index in [-0.39, 0.29) is 48.8 Å². The Balaban J connectivity index is 1.35. The number of benzene rings is 3. The third-order valence-electron chi connectivity index (χ3n) is 7.75. The molecule has 4 aromatic rings. The number of carboxylic acids is 1. The molecular formula is C34H34ClN5O7. The van der Waals surface area contributed by atoms with Gasteiger partial charge in [0.15, 0.2) is 0 Å². The van der Waals surface area contributed by atoms with Crippen LogP contribution in [0.15, 0.2) is 66.9 Å². The summed E-state index contributed by atoms with van der Waals surface area (Å²) in [5, 5.41) is 18.2. The van der Waals surface area contributed by atoms with Crippen LogP contribution >= 0.6 is 11.6 Å². The number of carbonyl (C=O) groups is 5. The summed E-state index contributed by atoms with van der Waals surface area (Å²) in [5.41, 5.74) is 3.63. The van der Waals surface area contributed by atoms with Gasteiger partial charge in [-0.3, -0.25) is 24.0 Å². The summed E-state index contributed by atoms with van der Waals surface area (Å²) in [6.07, 6.45) is 1.33. The molecule has 1 unspecified atom stereocenters. The Kier molecular flexibility index (Phi) is 10.1. The fourth-order valence-corrected chi connectivity index (χ4v) is 5.90. The summed E-state index contributed by atoms with van der Waals surface area (Å²) in [7, 11) is 1.59. The van der Waals surface area contributed by atoms with E-state index in [1.807, 2.05) is 48.5 Å². The van der Waals surface area contributed by atoms with Gasteiger partial charge in [0.2, 0.25) is 17.7 Å². The third kappa shape index (κ3) is 7.72. The second-order valence-corrected chi connectivity index (χ2v) is 11.5. The van der Waals surface area contributed by atoms with Crippen LogP contribution in [0.1, 0.15) is 47.3 Å². The van der Waals surface area contributed by atoms with Gasteiger partial charge in [0, 0.05) is 68.5 Å². The lowest BCUT2D eigenvalue weighted by atomic mass is 9.95. The minimum absolute atomic E-state index is 0.0845. The average Bonchev–Trinajstić information content (AvgIpc) is 3.61. The molecule has 12 nitrogen and oxygen atoms in total. The first kappa shape index (κ1) is 33.0. The van der Waals surface area contributed by atoms with Gasteiger partial charge in [-0.25, -0.2) is 0 Å². The monoisotopic (exact) mass is 659 g/mol. The highest BCUT2D eigenvalue weighted by molar-refractivity contribution is 6.19. The van der Waals surface area contributed by atoms with Crippen LogP contribution in [0.2, 0.25) is 0 Å². The molecule has 1 aromatic heterocycles. The number of rotatable bonds is 12. The normalized spacial score (nSPS) is 13.6. The molecule has 1 aliphatic heterocycles. The number of hydrogen-bond donors (Lipinski definition) is 4. The van der Waals surface area contributed by atoms with Crippen molar-refractivity contribution in [2.24, 2.45) is 7.05 Å². The lowest BCUT2D eigenvalue weighted by Crippen LogP contribution is -2.30. The molecule has 0 saturated heterocycles. The maximum absolute atomic E-state index is 13.6. The number of amides is 4. The van der Waals surface area contributed by atoms with Crippen LogP contribution in [-0.2, 0) is 32.8 Å². The Morgan fingerprint density at radius 3 is 2.43 bits per heavy atom. The van der Waals surface area contributed by atoms with E-state index in [0.29, 0.717) is 29.4 Å². The number of hydrogen-bond acceptors (Lipinski definition) is 6. The number of nitrogens with one attached hydrogen (secondary N) is 3. The molecule has 0 aliphatic carbocycles. The Hall–Kier alpha value is -5.36. The topological polar surface area (TPSA) is 159 Å². The lowest BCUT2D eigenvalue weighted by Gasteiger charge is -2.20. The van der Waals surface area contributed by atoms with Crippen molar-refractivity contribution in [1.82, 2.24) is 9.88 Å². The zero-order chi connectivity index (χ0) is 33.7. The number of aryl methyl sites for hydroxylation is 1. The molecular weight excluding hydrogens is 626 g/mol. The molecule has 0 spiro atoms. The fourth-order valence-electron chi connectivity index (χ4n) is 5.64. The number of alkyl halides is 1. The highest BCUT2D eigenvalue weighted by Crippen LogP contribution is 2.46. The zero-order valence-electron chi connectivity index (χ0n) is 25.8. The first-order valence-electron chi connectivity index (χ1n) is 14.9. The van der Waals surface area contributed by atoms with Crippen LogP contribution in [0.3, 0.4) is 0 Å². The number of fused-ring (bicyclic) bond motifs is 3. The highest BCUT2D eigenvalue weighted by atomic mass is 35.5. The second kappa shape index (κ2) is 14.4. The molecule has 0 bridgehead atoms. The molecule has 244 valence electrons. The van der Waals surface area contributed by atoms with Crippen molar-refractivity contribution in [3.05, 3.63) is 83.7 Å². The summed E-state index contributed by atoms with van der Waals surface area (Å²) in [6.45, 7) is 1.52. The number of carbonyl (C=O) groups excluding carboxylic acids is 4. The van der Waals surface area contributed by atoms with Gasteiger partial charge in [0.1, 0.15) is 24.6 Å². The van der Waals surface area contributed by atoms with E-state index >= 15 is 0 Å². The predicted molar refractivity (Wildman–Crippen MR) is 178 cm³/mol. The first-order chi connectivity index (χ1) is 22.5. The summed E-state index contributed by atoms with van der Waals surface area (Å²) >= 11 is 6.43. The number of nitrogens with zero attached hydrogens (tertiary/aromatic N) is 2. The molecule has 1 aliphatic rings. The van der Waals surface area contributed by atoms with Gasteiger partial charge in [-0.05, 0) is 34.7 Å². The molecule has 1 atom stereocenters. The van der Waals surface area contributed by atoms with E-state index in [1.165, 1.54) is 23.8 Å². The average molecular weight is 660 g/mol. The van der Waals surface area contributed by atoms with E-state index in [2.05, 4.69) is 16.0 Å². The maximum atomic E-state index is 13.6. The van der Waals surface area contributed by atoms with Crippen molar-refractivity contribution in [1.29, 1.82) is 0 Å². The van der Waals surface area contributed by atoms with Gasteiger partial charge in [0.25, 0.3) is 5.91 Å². The second-order valence-electron chi connectivity index (χ2n) is 11.2. The number of ether oxygens (including phenoxy) is 1. The van der Waals surface area contributed by atoms with Crippen LogP contribution in [-0.4, -0.2) is 58.2 Å². The smallest absolute Gasteiger partial charge is 0.322 e. The van der Waals surface area contributed by atoms with Crippen molar-refractivity contribution in [3.8, 4) is 5.75 Å². The van der Waals surface area contributed by atoms with Crippen LogP contribution in [0.5, 0.6) is 5.75 Å². The van der Waals surface area contributed by atoms with Gasteiger partial charge in [0.05, 0.1) is 11.4 Å². The molecule has 13 heteroatoms. The summed E-state index contributed by atoms with van der Waals surface area (Å²) in [4.78, 5) is 62.9. The molecule has 3 aromatic carbocycles. The number of anilines is 3. The van der Waals surface area contributed by atoms with E-state index in [4.69, 9.17) is 21.4 Å². The van der Waals surface area contributed by atoms with E-state index < -0.39 is 24.3 Å². The lowest BCUT2D eigenvalue weighted by molar-refractivity contribution is -0.135. The predicted octanol–water partition coefficient (Wildman–Crippen LogP) is 4.62. The third-order valence-corrected chi connectivity index (χ3v) is 8.13. The molecule has 0 fully saturated rings. The summed E-state index contributed by atoms with van der Waals surface area (Å²) in [6, 6.07) is 18.5. The van der Waals surface area contributed by atoms with E-state index in [9.17, 15) is 24.0 Å². The van der Waals surface area contributed by atoms with Crippen molar-refractivity contribution in [2.75, 3.05) is 34.5 Å². The minimum Gasteiger partial charge on any atom is -0.488 e. The molecule has 2 heterocycles. The SMILES string of the molecule is CC(=O)Nc1ccc2c3c(cc(OCc4ccccc4)c2c1)N(C(=O)CCC(=O)Nc1cc(C(=O)NCC(=O)O)n(C)c1)CC3CCl. The minimum atomic E-state index is -1.18. The van der Waals surface area contributed by atoms with Crippen LogP contribution < -0.4 is 25.6 Å². The largest absolute Gasteiger partial charge is 0.488 e. The van der Waals surface area contributed by atoms with Crippen molar-refractivity contribution < 1.29 is 33.8 Å². The first-order valence-corrected chi connectivity index (χ1v) is 15.4.